The zero-order chi connectivity index (χ0) is 14.9. The normalized spacial score (nSPS) is 10.3. The monoisotopic (exact) mass is 398 g/mol. The van der Waals surface area contributed by atoms with Crippen LogP contribution < -0.4 is 11.1 Å². The van der Waals surface area contributed by atoms with Crippen molar-refractivity contribution in [2.75, 3.05) is 11.1 Å². The van der Waals surface area contributed by atoms with Gasteiger partial charge >= 0.3 is 0 Å². The molecule has 2 aromatic carbocycles. The lowest BCUT2D eigenvalue weighted by Crippen LogP contribution is -2.14. The summed E-state index contributed by atoms with van der Waals surface area (Å²) in [6.07, 6.45) is 0. The van der Waals surface area contributed by atoms with Gasteiger partial charge in [0.15, 0.2) is 0 Å². The smallest absolute Gasteiger partial charge is 0.259 e. The molecule has 0 aliphatic rings. The Labute approximate surface area is 133 Å². The fourth-order valence-corrected chi connectivity index (χ4v) is 3.10. The summed E-state index contributed by atoms with van der Waals surface area (Å²) in [6, 6.07) is 8.31. The second kappa shape index (κ2) is 5.85. The number of nitrogens with two attached hydrogens (primary N) is 1. The van der Waals surface area contributed by atoms with E-state index in [0.29, 0.717) is 15.8 Å². The molecule has 104 valence electrons. The van der Waals surface area contributed by atoms with Crippen molar-refractivity contribution < 1.29 is 9.90 Å². The summed E-state index contributed by atoms with van der Waals surface area (Å²) in [5.74, 6) is -0.485. The highest BCUT2D eigenvalue weighted by Crippen LogP contribution is 2.33. The number of carbonyl (C=O) groups is 1. The van der Waals surface area contributed by atoms with Gasteiger partial charge in [-0.25, -0.2) is 0 Å². The van der Waals surface area contributed by atoms with Crippen LogP contribution in [0.25, 0.3) is 0 Å². The maximum absolute atomic E-state index is 12.2. The summed E-state index contributed by atoms with van der Waals surface area (Å²) in [7, 11) is 0. The van der Waals surface area contributed by atoms with Gasteiger partial charge in [-0.3, -0.25) is 4.79 Å². The van der Waals surface area contributed by atoms with Gasteiger partial charge in [0.2, 0.25) is 0 Å². The van der Waals surface area contributed by atoms with Crippen molar-refractivity contribution in [3.8, 4) is 5.75 Å². The predicted octanol–water partition coefficient (Wildman–Crippen LogP) is 4.06. The highest BCUT2D eigenvalue weighted by molar-refractivity contribution is 9.11. The lowest BCUT2D eigenvalue weighted by Gasteiger charge is -2.12. The van der Waals surface area contributed by atoms with E-state index in [1.807, 2.05) is 6.92 Å². The number of amides is 1. The molecular weight excluding hydrogens is 388 g/mol. The number of hydrogen-bond acceptors (Lipinski definition) is 3. The third kappa shape index (κ3) is 3.13. The van der Waals surface area contributed by atoms with Gasteiger partial charge in [0, 0.05) is 8.95 Å². The first-order valence-corrected chi connectivity index (χ1v) is 7.32. The van der Waals surface area contributed by atoms with E-state index in [0.717, 1.165) is 10.0 Å². The number of phenolic OH excluding ortho intramolecular Hbond substituents is 1. The van der Waals surface area contributed by atoms with Crippen molar-refractivity contribution in [2.45, 2.75) is 6.92 Å². The summed E-state index contributed by atoms with van der Waals surface area (Å²) in [5.41, 5.74) is 7.87. The van der Waals surface area contributed by atoms with Crippen molar-refractivity contribution >= 4 is 49.1 Å². The van der Waals surface area contributed by atoms with Gasteiger partial charge in [-0.15, -0.1) is 0 Å². The Balaban J connectivity index is 2.35. The molecule has 0 aliphatic carbocycles. The number of nitrogens with one attached hydrogen (secondary N) is 1. The highest BCUT2D eigenvalue weighted by Gasteiger charge is 2.15. The number of hydrogen-bond donors (Lipinski definition) is 3. The van der Waals surface area contributed by atoms with Crippen molar-refractivity contribution in [1.29, 1.82) is 0 Å². The van der Waals surface area contributed by atoms with E-state index in [-0.39, 0.29) is 11.3 Å². The van der Waals surface area contributed by atoms with Crippen LogP contribution in [0.15, 0.2) is 39.3 Å². The molecule has 4 N–H and O–H groups in total. The van der Waals surface area contributed by atoms with Crippen molar-refractivity contribution in [3.63, 3.8) is 0 Å². The molecule has 0 heterocycles. The predicted molar refractivity (Wildman–Crippen MR) is 87.1 cm³/mol. The minimum absolute atomic E-state index is 0.0695. The van der Waals surface area contributed by atoms with E-state index in [1.54, 1.807) is 24.3 Å². The third-order valence-corrected chi connectivity index (χ3v) is 3.80. The molecule has 0 radical (unpaired) electrons. The SMILES string of the molecule is Cc1ccc(O)c(C(=O)Nc2c(N)cc(Br)cc2Br)c1. The molecule has 0 saturated heterocycles. The minimum Gasteiger partial charge on any atom is -0.507 e. The molecule has 6 heteroatoms. The molecular formula is C14H12Br2N2O2. The third-order valence-electron chi connectivity index (χ3n) is 2.72. The van der Waals surface area contributed by atoms with Crippen LogP contribution in [0, 0.1) is 6.92 Å². The highest BCUT2D eigenvalue weighted by atomic mass is 79.9. The molecule has 0 atom stereocenters. The Morgan fingerprint density at radius 3 is 2.60 bits per heavy atom. The Bertz CT molecular complexity index is 664. The molecule has 0 bridgehead atoms. The van der Waals surface area contributed by atoms with Crippen LogP contribution >= 0.6 is 31.9 Å². The topological polar surface area (TPSA) is 75.3 Å². The lowest BCUT2D eigenvalue weighted by molar-refractivity contribution is 0.102. The van der Waals surface area contributed by atoms with Crippen LogP contribution in [0.5, 0.6) is 5.75 Å². The van der Waals surface area contributed by atoms with Gasteiger partial charge in [-0.1, -0.05) is 27.6 Å². The second-order valence-electron chi connectivity index (χ2n) is 4.33. The number of aromatic hydroxyl groups is 1. The molecule has 0 saturated carbocycles. The van der Waals surface area contributed by atoms with Crippen LogP contribution in [0.1, 0.15) is 15.9 Å². The van der Waals surface area contributed by atoms with Gasteiger partial charge < -0.3 is 16.2 Å². The summed E-state index contributed by atoms with van der Waals surface area (Å²) < 4.78 is 1.46. The maximum atomic E-state index is 12.2. The fourth-order valence-electron chi connectivity index (χ4n) is 1.74. The zero-order valence-corrected chi connectivity index (χ0v) is 13.7. The summed E-state index contributed by atoms with van der Waals surface area (Å²) in [5, 5.41) is 12.5. The number of anilines is 2. The molecule has 20 heavy (non-hydrogen) atoms. The van der Waals surface area contributed by atoms with E-state index in [4.69, 9.17) is 5.73 Å². The minimum atomic E-state index is -0.416. The number of carbonyl (C=O) groups excluding carboxylic acids is 1. The van der Waals surface area contributed by atoms with Crippen LogP contribution in [0.2, 0.25) is 0 Å². The van der Waals surface area contributed by atoms with Crippen LogP contribution in [0.3, 0.4) is 0 Å². The quantitative estimate of drug-likeness (QED) is 0.666. The average molecular weight is 400 g/mol. The summed E-state index contributed by atoms with van der Waals surface area (Å²) in [6.45, 7) is 1.85. The van der Waals surface area contributed by atoms with Crippen molar-refractivity contribution in [3.05, 3.63) is 50.4 Å². The number of benzene rings is 2. The van der Waals surface area contributed by atoms with Gasteiger partial charge in [0.1, 0.15) is 5.75 Å². The standard InChI is InChI=1S/C14H12Br2N2O2/c1-7-2-3-12(19)9(4-7)14(20)18-13-10(16)5-8(15)6-11(13)17/h2-6,19H,17H2,1H3,(H,18,20). The number of nitrogen functional groups attached to an aromatic ring is 1. The largest absolute Gasteiger partial charge is 0.507 e. The van der Waals surface area contributed by atoms with E-state index in [9.17, 15) is 9.90 Å². The Morgan fingerprint density at radius 1 is 1.25 bits per heavy atom. The fraction of sp³-hybridized carbons (Fsp3) is 0.0714. The Morgan fingerprint density at radius 2 is 1.95 bits per heavy atom. The van der Waals surface area contributed by atoms with Gasteiger partial charge in [0.25, 0.3) is 5.91 Å². The van der Waals surface area contributed by atoms with E-state index in [1.165, 1.54) is 6.07 Å². The zero-order valence-electron chi connectivity index (χ0n) is 10.6. The molecule has 0 fully saturated rings. The molecule has 2 rings (SSSR count). The maximum Gasteiger partial charge on any atom is 0.259 e. The number of aryl methyl sites for hydroxylation is 1. The second-order valence-corrected chi connectivity index (χ2v) is 6.10. The first-order chi connectivity index (χ1) is 9.38. The molecule has 2 aromatic rings. The van der Waals surface area contributed by atoms with E-state index < -0.39 is 5.91 Å². The molecule has 0 aliphatic heterocycles. The first-order valence-electron chi connectivity index (χ1n) is 5.74. The molecule has 1 amide bonds. The van der Waals surface area contributed by atoms with Crippen LogP contribution in [0.4, 0.5) is 11.4 Å². The molecule has 0 aromatic heterocycles. The van der Waals surface area contributed by atoms with Crippen molar-refractivity contribution in [1.82, 2.24) is 0 Å². The van der Waals surface area contributed by atoms with Crippen molar-refractivity contribution in [2.24, 2.45) is 0 Å². The van der Waals surface area contributed by atoms with Crippen LogP contribution in [-0.4, -0.2) is 11.0 Å². The Hall–Kier alpha value is -1.53. The van der Waals surface area contributed by atoms with E-state index >= 15 is 0 Å². The number of phenols is 1. The first kappa shape index (κ1) is 14.9. The number of halogens is 2. The van der Waals surface area contributed by atoms with Gasteiger partial charge in [0.05, 0.1) is 16.9 Å². The van der Waals surface area contributed by atoms with Crippen LogP contribution in [-0.2, 0) is 0 Å². The molecule has 0 spiro atoms. The summed E-state index contributed by atoms with van der Waals surface area (Å²) >= 11 is 6.66. The molecule has 4 nitrogen and oxygen atoms in total. The Kier molecular flexibility index (Phi) is 4.35. The van der Waals surface area contributed by atoms with Gasteiger partial charge in [-0.05, 0) is 47.1 Å². The molecule has 0 unspecified atom stereocenters. The average Bonchev–Trinajstić information content (AvgIpc) is 2.36. The van der Waals surface area contributed by atoms with Gasteiger partial charge in [-0.2, -0.15) is 0 Å². The van der Waals surface area contributed by atoms with E-state index in [2.05, 4.69) is 37.2 Å². The number of rotatable bonds is 2. The summed E-state index contributed by atoms with van der Waals surface area (Å²) in [4.78, 5) is 12.2. The lowest BCUT2D eigenvalue weighted by atomic mass is 10.1.